The van der Waals surface area contributed by atoms with Crippen LogP contribution in [0.25, 0.3) is 0 Å². The quantitative estimate of drug-likeness (QED) is 0.835. The highest BCUT2D eigenvalue weighted by Gasteiger charge is 2.08. The van der Waals surface area contributed by atoms with Crippen molar-refractivity contribution in [3.63, 3.8) is 0 Å². The molecule has 20 heavy (non-hydrogen) atoms. The van der Waals surface area contributed by atoms with Crippen molar-refractivity contribution >= 4 is 23.4 Å². The summed E-state index contributed by atoms with van der Waals surface area (Å²) in [7, 11) is 0. The van der Waals surface area contributed by atoms with E-state index < -0.39 is 0 Å². The summed E-state index contributed by atoms with van der Waals surface area (Å²) >= 11 is 1.71. The van der Waals surface area contributed by atoms with Gasteiger partial charge < -0.3 is 5.32 Å². The number of amides is 1. The number of hydrogen-bond donors (Lipinski definition) is 1. The Labute approximate surface area is 122 Å². The van der Waals surface area contributed by atoms with E-state index in [2.05, 4.69) is 19.2 Å². The number of thioether (sulfide) groups is 1. The average Bonchev–Trinajstić information content (AvgIpc) is 2.41. The topological polar surface area (TPSA) is 29.1 Å². The average molecular weight is 289 g/mol. The van der Waals surface area contributed by atoms with Crippen LogP contribution in [0.4, 0.5) is 10.1 Å². The van der Waals surface area contributed by atoms with Gasteiger partial charge in [-0.15, -0.1) is 11.8 Å². The number of nitrogens with one attached hydrogen (secondary N) is 1. The molecule has 0 radical (unpaired) electrons. The molecule has 104 valence electrons. The van der Waals surface area contributed by atoms with Gasteiger partial charge in [-0.1, -0.05) is 19.9 Å². The van der Waals surface area contributed by atoms with Crippen LogP contribution in [0.3, 0.4) is 0 Å². The molecule has 2 rings (SSSR count). The van der Waals surface area contributed by atoms with Crippen LogP contribution in [0.5, 0.6) is 0 Å². The largest absolute Gasteiger partial charge is 0.322 e. The molecule has 0 atom stereocenters. The minimum atomic E-state index is -0.321. The van der Waals surface area contributed by atoms with E-state index in [1.165, 1.54) is 12.1 Å². The van der Waals surface area contributed by atoms with Gasteiger partial charge in [-0.25, -0.2) is 4.39 Å². The molecule has 0 saturated carbocycles. The molecule has 0 heterocycles. The normalized spacial score (nSPS) is 10.6. The second-order valence-corrected chi connectivity index (χ2v) is 6.31. The summed E-state index contributed by atoms with van der Waals surface area (Å²) in [5, 5.41) is 3.21. The van der Waals surface area contributed by atoms with Gasteiger partial charge in [0, 0.05) is 21.4 Å². The zero-order valence-corrected chi connectivity index (χ0v) is 12.2. The van der Waals surface area contributed by atoms with Crippen LogP contribution in [0.15, 0.2) is 53.4 Å². The first-order chi connectivity index (χ1) is 9.54. The molecular weight excluding hydrogens is 273 g/mol. The first-order valence-corrected chi connectivity index (χ1v) is 7.26. The second-order valence-electron chi connectivity index (χ2n) is 4.66. The highest BCUT2D eigenvalue weighted by Crippen LogP contribution is 2.23. The van der Waals surface area contributed by atoms with Crippen molar-refractivity contribution in [3.05, 3.63) is 59.9 Å². The van der Waals surface area contributed by atoms with E-state index >= 15 is 0 Å². The second kappa shape index (κ2) is 6.57. The van der Waals surface area contributed by atoms with Gasteiger partial charge in [-0.05, 0) is 42.5 Å². The van der Waals surface area contributed by atoms with E-state index in [4.69, 9.17) is 0 Å². The predicted molar refractivity (Wildman–Crippen MR) is 81.8 cm³/mol. The van der Waals surface area contributed by atoms with E-state index in [9.17, 15) is 9.18 Å². The molecule has 0 unspecified atom stereocenters. The first-order valence-electron chi connectivity index (χ1n) is 6.38. The highest BCUT2D eigenvalue weighted by atomic mass is 32.2. The zero-order chi connectivity index (χ0) is 14.5. The van der Waals surface area contributed by atoms with E-state index in [-0.39, 0.29) is 11.7 Å². The summed E-state index contributed by atoms with van der Waals surface area (Å²) < 4.78 is 12.8. The molecule has 1 N–H and O–H groups in total. The minimum Gasteiger partial charge on any atom is -0.322 e. The number of benzene rings is 2. The van der Waals surface area contributed by atoms with Crippen molar-refractivity contribution in [1.82, 2.24) is 0 Å². The predicted octanol–water partition coefficient (Wildman–Crippen LogP) is 4.58. The molecular formula is C16H16FNOS. The Morgan fingerprint density at radius 3 is 2.50 bits per heavy atom. The lowest BCUT2D eigenvalue weighted by molar-refractivity contribution is 0.102. The summed E-state index contributed by atoms with van der Waals surface area (Å²) in [5.41, 5.74) is 1.18. The van der Waals surface area contributed by atoms with Crippen LogP contribution >= 0.6 is 11.8 Å². The van der Waals surface area contributed by atoms with Crippen LogP contribution in [-0.4, -0.2) is 11.2 Å². The number of hydrogen-bond acceptors (Lipinski definition) is 2. The first kappa shape index (κ1) is 14.6. The zero-order valence-electron chi connectivity index (χ0n) is 11.4. The Balaban J connectivity index is 2.10. The Kier molecular flexibility index (Phi) is 4.79. The molecule has 2 nitrogen and oxygen atoms in total. The van der Waals surface area contributed by atoms with Gasteiger partial charge in [-0.2, -0.15) is 0 Å². The van der Waals surface area contributed by atoms with Crippen molar-refractivity contribution < 1.29 is 9.18 Å². The number of carbonyl (C=O) groups is 1. The van der Waals surface area contributed by atoms with Crippen LogP contribution in [-0.2, 0) is 0 Å². The smallest absolute Gasteiger partial charge is 0.255 e. The van der Waals surface area contributed by atoms with Crippen molar-refractivity contribution in [2.24, 2.45) is 0 Å². The van der Waals surface area contributed by atoms with Gasteiger partial charge in [0.25, 0.3) is 5.91 Å². The number of halogens is 1. The van der Waals surface area contributed by atoms with Crippen LogP contribution in [0, 0.1) is 5.82 Å². The lowest BCUT2D eigenvalue weighted by atomic mass is 10.2. The fraction of sp³-hybridized carbons (Fsp3) is 0.188. The SMILES string of the molecule is CC(C)Sc1cccc(C(=O)Nc2ccc(F)cc2)c1. The van der Waals surface area contributed by atoms with Crippen LogP contribution < -0.4 is 5.32 Å². The van der Waals surface area contributed by atoms with Crippen molar-refractivity contribution in [2.75, 3.05) is 5.32 Å². The van der Waals surface area contributed by atoms with Gasteiger partial charge in [0.1, 0.15) is 5.82 Å². The lowest BCUT2D eigenvalue weighted by Crippen LogP contribution is -2.11. The van der Waals surface area contributed by atoms with Gasteiger partial charge in [0.15, 0.2) is 0 Å². The molecule has 2 aromatic rings. The Morgan fingerprint density at radius 2 is 1.85 bits per heavy atom. The molecule has 0 bridgehead atoms. The molecule has 0 aliphatic rings. The van der Waals surface area contributed by atoms with Crippen molar-refractivity contribution in [3.8, 4) is 0 Å². The third kappa shape index (κ3) is 4.10. The summed E-state index contributed by atoms with van der Waals surface area (Å²) in [6.45, 7) is 4.21. The van der Waals surface area contributed by atoms with Crippen LogP contribution in [0.2, 0.25) is 0 Å². The Hall–Kier alpha value is -1.81. The maximum absolute atomic E-state index is 12.8. The molecule has 0 saturated heterocycles. The number of carbonyl (C=O) groups excluding carboxylic acids is 1. The monoisotopic (exact) mass is 289 g/mol. The van der Waals surface area contributed by atoms with E-state index in [0.29, 0.717) is 16.5 Å². The fourth-order valence-electron chi connectivity index (χ4n) is 1.72. The highest BCUT2D eigenvalue weighted by molar-refractivity contribution is 7.99. The van der Waals surface area contributed by atoms with Crippen LogP contribution in [0.1, 0.15) is 24.2 Å². The summed E-state index contributed by atoms with van der Waals surface area (Å²) in [4.78, 5) is 13.2. The van der Waals surface area contributed by atoms with Crippen molar-refractivity contribution in [2.45, 2.75) is 24.0 Å². The molecule has 1 amide bonds. The fourth-order valence-corrected chi connectivity index (χ4v) is 2.62. The molecule has 2 aromatic carbocycles. The van der Waals surface area contributed by atoms with E-state index in [1.54, 1.807) is 30.0 Å². The molecule has 0 spiro atoms. The van der Waals surface area contributed by atoms with Crippen molar-refractivity contribution in [1.29, 1.82) is 0 Å². The summed E-state index contributed by atoms with van der Waals surface area (Å²) in [5.74, 6) is -0.513. The van der Waals surface area contributed by atoms with E-state index in [0.717, 1.165) is 4.90 Å². The van der Waals surface area contributed by atoms with E-state index in [1.807, 2.05) is 18.2 Å². The molecule has 0 aliphatic carbocycles. The Morgan fingerprint density at radius 1 is 1.15 bits per heavy atom. The van der Waals surface area contributed by atoms with Gasteiger partial charge in [0.2, 0.25) is 0 Å². The Bertz CT molecular complexity index is 596. The number of rotatable bonds is 4. The molecule has 0 aliphatic heterocycles. The number of anilines is 1. The maximum Gasteiger partial charge on any atom is 0.255 e. The standard InChI is InChI=1S/C16H16FNOS/c1-11(2)20-15-5-3-4-12(10-15)16(19)18-14-8-6-13(17)7-9-14/h3-11H,1-2H3,(H,18,19). The summed E-state index contributed by atoms with van der Waals surface area (Å²) in [6, 6.07) is 13.2. The molecule has 0 fully saturated rings. The third-order valence-corrected chi connectivity index (χ3v) is 3.57. The summed E-state index contributed by atoms with van der Waals surface area (Å²) in [6.07, 6.45) is 0. The molecule has 0 aromatic heterocycles. The van der Waals surface area contributed by atoms with Gasteiger partial charge >= 0.3 is 0 Å². The minimum absolute atomic E-state index is 0.192. The molecule has 4 heteroatoms. The van der Waals surface area contributed by atoms with Gasteiger partial charge in [-0.3, -0.25) is 4.79 Å². The third-order valence-electron chi connectivity index (χ3n) is 2.57. The maximum atomic E-state index is 12.8. The van der Waals surface area contributed by atoms with Gasteiger partial charge in [0.05, 0.1) is 0 Å². The lowest BCUT2D eigenvalue weighted by Gasteiger charge is -2.08.